The number of hydrogen-bond donors (Lipinski definition) is 1. The second kappa shape index (κ2) is 10.8. The number of piperidine rings is 2. The molecule has 8 heteroatoms. The van der Waals surface area contributed by atoms with E-state index in [1.807, 2.05) is 41.3 Å². The van der Waals surface area contributed by atoms with Gasteiger partial charge in [0.25, 0.3) is 11.8 Å². The zero-order valence-electron chi connectivity index (χ0n) is 20.0. The van der Waals surface area contributed by atoms with Crippen LogP contribution in [0.4, 0.5) is 0 Å². The van der Waals surface area contributed by atoms with Gasteiger partial charge in [0.05, 0.1) is 5.92 Å². The van der Waals surface area contributed by atoms with Gasteiger partial charge in [0, 0.05) is 37.1 Å². The van der Waals surface area contributed by atoms with Crippen molar-refractivity contribution in [3.8, 4) is 16.2 Å². The predicted molar refractivity (Wildman–Crippen MR) is 135 cm³/mol. The van der Waals surface area contributed by atoms with Crippen LogP contribution in [-0.4, -0.2) is 66.3 Å². The summed E-state index contributed by atoms with van der Waals surface area (Å²) in [5.41, 5.74) is 1.00. The number of carbonyl (C=O) groups is 3. The number of nitrogens with one attached hydrogen (secondary N) is 1. The Hall–Kier alpha value is -2.87. The van der Waals surface area contributed by atoms with Gasteiger partial charge in [0.1, 0.15) is 10.6 Å². The SMILES string of the molecule is O=C(NC1CC1)C1CCCN(C(=O)c2sc(-c3ccccc3)cc2OCC(=O)N2CCCCC2)C1. The molecule has 0 spiro atoms. The standard InChI is InChI=1S/C27H33N3O4S/c31-24(29-13-5-2-6-14-29)18-34-22-16-23(19-8-3-1-4-9-19)35-25(22)27(33)30-15-7-10-20(17-30)26(32)28-21-11-12-21/h1,3-4,8-9,16,20-21H,2,5-7,10-15,17-18H2,(H,28,32). The van der Waals surface area contributed by atoms with Gasteiger partial charge >= 0.3 is 0 Å². The minimum atomic E-state index is -0.174. The monoisotopic (exact) mass is 495 g/mol. The molecule has 1 aromatic carbocycles. The summed E-state index contributed by atoms with van der Waals surface area (Å²) in [7, 11) is 0. The number of hydrogen-bond acceptors (Lipinski definition) is 5. The lowest BCUT2D eigenvalue weighted by Gasteiger charge is -2.32. The highest BCUT2D eigenvalue weighted by atomic mass is 32.1. The minimum Gasteiger partial charge on any atom is -0.482 e. The van der Waals surface area contributed by atoms with Gasteiger partial charge in [0.15, 0.2) is 6.61 Å². The Morgan fingerprint density at radius 3 is 2.43 bits per heavy atom. The van der Waals surface area contributed by atoms with E-state index in [4.69, 9.17) is 4.74 Å². The zero-order chi connectivity index (χ0) is 24.2. The fourth-order valence-electron chi connectivity index (χ4n) is 4.82. The molecule has 3 heterocycles. The van der Waals surface area contributed by atoms with Crippen LogP contribution in [0.1, 0.15) is 54.6 Å². The zero-order valence-corrected chi connectivity index (χ0v) is 20.9. The normalized spacial score (nSPS) is 20.4. The summed E-state index contributed by atoms with van der Waals surface area (Å²) in [5.74, 6) is 0.178. The molecule has 186 valence electrons. The number of thiophene rings is 1. The van der Waals surface area contributed by atoms with Gasteiger partial charge in [-0.15, -0.1) is 11.3 Å². The Morgan fingerprint density at radius 2 is 1.69 bits per heavy atom. The van der Waals surface area contributed by atoms with Crippen molar-refractivity contribution in [2.75, 3.05) is 32.8 Å². The third-order valence-electron chi connectivity index (χ3n) is 7.01. The highest BCUT2D eigenvalue weighted by molar-refractivity contribution is 7.17. The fourth-order valence-corrected chi connectivity index (χ4v) is 5.89. The Balaban J connectivity index is 1.32. The van der Waals surface area contributed by atoms with Crippen LogP contribution in [0.2, 0.25) is 0 Å². The molecule has 0 radical (unpaired) electrons. The molecule has 35 heavy (non-hydrogen) atoms. The van der Waals surface area contributed by atoms with E-state index in [1.54, 1.807) is 4.90 Å². The van der Waals surface area contributed by atoms with Crippen LogP contribution in [0.15, 0.2) is 36.4 Å². The number of likely N-dealkylation sites (tertiary alicyclic amines) is 2. The topological polar surface area (TPSA) is 79.0 Å². The van der Waals surface area contributed by atoms with Crippen molar-refractivity contribution >= 4 is 29.1 Å². The fraction of sp³-hybridized carbons (Fsp3) is 0.519. The van der Waals surface area contributed by atoms with Gasteiger partial charge < -0.3 is 19.9 Å². The molecule has 7 nitrogen and oxygen atoms in total. The van der Waals surface area contributed by atoms with Crippen LogP contribution < -0.4 is 10.1 Å². The van der Waals surface area contributed by atoms with Crippen molar-refractivity contribution in [3.05, 3.63) is 41.3 Å². The van der Waals surface area contributed by atoms with Gasteiger partial charge in [-0.3, -0.25) is 14.4 Å². The highest BCUT2D eigenvalue weighted by Crippen LogP contribution is 2.38. The van der Waals surface area contributed by atoms with Crippen LogP contribution in [0.3, 0.4) is 0 Å². The van der Waals surface area contributed by atoms with E-state index < -0.39 is 0 Å². The first-order valence-electron chi connectivity index (χ1n) is 12.8. The van der Waals surface area contributed by atoms with Crippen LogP contribution in [0.5, 0.6) is 5.75 Å². The summed E-state index contributed by atoms with van der Waals surface area (Å²) in [6.45, 7) is 2.51. The van der Waals surface area contributed by atoms with Crippen molar-refractivity contribution < 1.29 is 19.1 Å². The van der Waals surface area contributed by atoms with E-state index >= 15 is 0 Å². The summed E-state index contributed by atoms with van der Waals surface area (Å²) >= 11 is 1.39. The molecule has 3 aliphatic rings. The molecule has 1 unspecified atom stereocenters. The lowest BCUT2D eigenvalue weighted by molar-refractivity contribution is -0.134. The van der Waals surface area contributed by atoms with Crippen LogP contribution in [0, 0.1) is 5.92 Å². The van der Waals surface area contributed by atoms with Crippen molar-refractivity contribution in [1.82, 2.24) is 15.1 Å². The molecule has 0 bridgehead atoms. The first-order valence-corrected chi connectivity index (χ1v) is 13.6. The van der Waals surface area contributed by atoms with E-state index in [1.165, 1.54) is 11.3 Å². The summed E-state index contributed by atoms with van der Waals surface area (Å²) in [6, 6.07) is 12.1. The molecule has 1 saturated carbocycles. The van der Waals surface area contributed by atoms with Crippen LogP contribution >= 0.6 is 11.3 Å². The number of nitrogens with zero attached hydrogens (tertiary/aromatic N) is 2. The number of benzene rings is 1. The van der Waals surface area contributed by atoms with Gasteiger partial charge in [-0.2, -0.15) is 0 Å². The molecule has 3 fully saturated rings. The highest BCUT2D eigenvalue weighted by Gasteiger charge is 2.34. The molecule has 3 amide bonds. The molecule has 2 aliphatic heterocycles. The second-order valence-electron chi connectivity index (χ2n) is 9.77. The van der Waals surface area contributed by atoms with Gasteiger partial charge in [-0.1, -0.05) is 30.3 Å². The average molecular weight is 496 g/mol. The lowest BCUT2D eigenvalue weighted by atomic mass is 9.97. The quantitative estimate of drug-likeness (QED) is 0.631. The van der Waals surface area contributed by atoms with E-state index in [0.717, 1.165) is 68.5 Å². The summed E-state index contributed by atoms with van der Waals surface area (Å²) in [4.78, 5) is 44.0. The first kappa shape index (κ1) is 23.9. The summed E-state index contributed by atoms with van der Waals surface area (Å²) in [6.07, 6.45) is 6.91. The van der Waals surface area contributed by atoms with E-state index in [2.05, 4.69) is 5.32 Å². The van der Waals surface area contributed by atoms with Gasteiger partial charge in [0.2, 0.25) is 5.91 Å². The summed E-state index contributed by atoms with van der Waals surface area (Å²) < 4.78 is 5.99. The maximum atomic E-state index is 13.6. The molecule has 2 aromatic rings. The van der Waals surface area contributed by atoms with Gasteiger partial charge in [-0.05, 0) is 56.6 Å². The Bertz CT molecular complexity index is 1060. The first-order chi connectivity index (χ1) is 17.1. The molecule has 1 aliphatic carbocycles. The molecule has 1 N–H and O–H groups in total. The molecule has 2 saturated heterocycles. The van der Waals surface area contributed by atoms with Crippen LogP contribution in [0.25, 0.3) is 10.4 Å². The molecule has 5 rings (SSSR count). The van der Waals surface area contributed by atoms with Crippen molar-refractivity contribution in [1.29, 1.82) is 0 Å². The maximum Gasteiger partial charge on any atom is 0.267 e. The van der Waals surface area contributed by atoms with E-state index in [0.29, 0.717) is 29.8 Å². The van der Waals surface area contributed by atoms with E-state index in [9.17, 15) is 14.4 Å². The van der Waals surface area contributed by atoms with Crippen molar-refractivity contribution in [2.24, 2.45) is 5.92 Å². The van der Waals surface area contributed by atoms with Crippen molar-refractivity contribution in [2.45, 2.75) is 51.0 Å². The Morgan fingerprint density at radius 1 is 0.943 bits per heavy atom. The molecule has 1 aromatic heterocycles. The van der Waals surface area contributed by atoms with Crippen molar-refractivity contribution in [3.63, 3.8) is 0 Å². The Kier molecular flexibility index (Phi) is 7.37. The van der Waals surface area contributed by atoms with E-state index in [-0.39, 0.29) is 30.2 Å². The molecular formula is C27H33N3O4S. The van der Waals surface area contributed by atoms with Crippen LogP contribution in [-0.2, 0) is 9.59 Å². The third-order valence-corrected chi connectivity index (χ3v) is 8.17. The summed E-state index contributed by atoms with van der Waals surface area (Å²) in [5, 5.41) is 3.08. The second-order valence-corrected chi connectivity index (χ2v) is 10.8. The molecule has 1 atom stereocenters. The largest absolute Gasteiger partial charge is 0.482 e. The predicted octanol–water partition coefficient (Wildman–Crippen LogP) is 3.94. The number of amides is 3. The smallest absolute Gasteiger partial charge is 0.267 e. The number of ether oxygens (including phenoxy) is 1. The van der Waals surface area contributed by atoms with Gasteiger partial charge in [-0.25, -0.2) is 0 Å². The maximum absolute atomic E-state index is 13.6. The Labute approximate surface area is 210 Å². The number of rotatable bonds is 7. The molecular weight excluding hydrogens is 462 g/mol. The third kappa shape index (κ3) is 5.86. The lowest BCUT2D eigenvalue weighted by Crippen LogP contribution is -2.45. The average Bonchev–Trinajstić information content (AvgIpc) is 3.63. The minimum absolute atomic E-state index is 0.0367. The number of carbonyl (C=O) groups excluding carboxylic acids is 3.